The lowest BCUT2D eigenvalue weighted by Gasteiger charge is -2.06. The van der Waals surface area contributed by atoms with Crippen molar-refractivity contribution >= 4 is 0 Å². The highest BCUT2D eigenvalue weighted by Crippen LogP contribution is 1.85. The summed E-state index contributed by atoms with van der Waals surface area (Å²) in [5.41, 5.74) is 0. The number of nitrogens with one attached hydrogen (secondary N) is 2. The zero-order chi connectivity index (χ0) is 5.82. The van der Waals surface area contributed by atoms with Gasteiger partial charge in [-0.1, -0.05) is 0 Å². The molecular weight excluding hydrogens is 100 g/mol. The molecule has 1 heterocycles. The van der Waals surface area contributed by atoms with Gasteiger partial charge in [-0.15, -0.1) is 0 Å². The standard InChI is InChI=1S/C6H14N2/c1-6-5-7-3-2-4-8-6/h6-8H,2-5H2,1H3/t6-/m0/s1. The van der Waals surface area contributed by atoms with Crippen molar-refractivity contribution in [3.8, 4) is 0 Å². The first-order valence-electron chi connectivity index (χ1n) is 3.33. The van der Waals surface area contributed by atoms with Crippen molar-refractivity contribution in [3.63, 3.8) is 0 Å². The average molecular weight is 114 g/mol. The minimum atomic E-state index is 0.664. The summed E-state index contributed by atoms with van der Waals surface area (Å²) in [6.45, 7) is 5.68. The molecule has 1 atom stereocenters. The van der Waals surface area contributed by atoms with E-state index in [9.17, 15) is 0 Å². The van der Waals surface area contributed by atoms with Gasteiger partial charge in [0.05, 0.1) is 0 Å². The Hall–Kier alpha value is -0.0800. The molecule has 0 aliphatic carbocycles. The summed E-state index contributed by atoms with van der Waals surface area (Å²) in [5, 5.41) is 6.72. The lowest BCUT2D eigenvalue weighted by atomic mass is 10.3. The quantitative estimate of drug-likeness (QED) is 0.461. The third-order valence-corrected chi connectivity index (χ3v) is 1.47. The van der Waals surface area contributed by atoms with Crippen LogP contribution in [0.3, 0.4) is 0 Å². The van der Waals surface area contributed by atoms with Crippen LogP contribution in [0.2, 0.25) is 0 Å². The Morgan fingerprint density at radius 3 is 3.12 bits per heavy atom. The van der Waals surface area contributed by atoms with Gasteiger partial charge in [-0.3, -0.25) is 0 Å². The van der Waals surface area contributed by atoms with E-state index in [0.717, 1.165) is 6.54 Å². The summed E-state index contributed by atoms with van der Waals surface area (Å²) < 4.78 is 0. The highest BCUT2D eigenvalue weighted by molar-refractivity contribution is 4.67. The van der Waals surface area contributed by atoms with Gasteiger partial charge in [-0.25, -0.2) is 0 Å². The molecule has 0 spiro atoms. The topological polar surface area (TPSA) is 24.1 Å². The summed E-state index contributed by atoms with van der Waals surface area (Å²) >= 11 is 0. The van der Waals surface area contributed by atoms with Gasteiger partial charge in [0.25, 0.3) is 0 Å². The van der Waals surface area contributed by atoms with Gasteiger partial charge in [-0.05, 0) is 26.4 Å². The molecule has 0 aromatic carbocycles. The molecule has 2 N–H and O–H groups in total. The summed E-state index contributed by atoms with van der Waals surface area (Å²) in [7, 11) is 0. The first-order chi connectivity index (χ1) is 3.89. The monoisotopic (exact) mass is 114 g/mol. The van der Waals surface area contributed by atoms with Gasteiger partial charge in [0.1, 0.15) is 0 Å². The van der Waals surface area contributed by atoms with E-state index in [1.54, 1.807) is 0 Å². The van der Waals surface area contributed by atoms with Gasteiger partial charge in [0.2, 0.25) is 0 Å². The van der Waals surface area contributed by atoms with Crippen LogP contribution in [0.15, 0.2) is 0 Å². The van der Waals surface area contributed by atoms with E-state index in [1.807, 2.05) is 0 Å². The molecular formula is C6H14N2. The molecule has 0 amide bonds. The highest BCUT2D eigenvalue weighted by Gasteiger charge is 2.02. The molecule has 8 heavy (non-hydrogen) atoms. The lowest BCUT2D eigenvalue weighted by molar-refractivity contribution is 0.568. The molecule has 1 rings (SSSR count). The van der Waals surface area contributed by atoms with Crippen LogP contribution in [0.5, 0.6) is 0 Å². The fourth-order valence-electron chi connectivity index (χ4n) is 0.953. The van der Waals surface area contributed by atoms with E-state index < -0.39 is 0 Å². The Labute approximate surface area is 50.7 Å². The maximum absolute atomic E-state index is 3.38. The molecule has 1 aliphatic rings. The number of hydrogen-bond donors (Lipinski definition) is 2. The van der Waals surface area contributed by atoms with Crippen molar-refractivity contribution in [1.82, 2.24) is 10.6 Å². The molecule has 0 aromatic rings. The van der Waals surface area contributed by atoms with E-state index in [4.69, 9.17) is 0 Å². The Balaban J connectivity index is 2.17. The summed E-state index contributed by atoms with van der Waals surface area (Å²) in [4.78, 5) is 0. The van der Waals surface area contributed by atoms with Crippen LogP contribution in [0, 0.1) is 0 Å². The van der Waals surface area contributed by atoms with Gasteiger partial charge in [-0.2, -0.15) is 0 Å². The first kappa shape index (κ1) is 6.05. The smallest absolute Gasteiger partial charge is 0.0164 e. The first-order valence-corrected chi connectivity index (χ1v) is 3.33. The molecule has 0 radical (unpaired) electrons. The van der Waals surface area contributed by atoms with Gasteiger partial charge >= 0.3 is 0 Å². The second-order valence-electron chi connectivity index (χ2n) is 2.41. The Kier molecular flexibility index (Phi) is 2.30. The fraction of sp³-hybridized carbons (Fsp3) is 1.00. The molecule has 0 saturated carbocycles. The molecule has 0 bridgehead atoms. The maximum atomic E-state index is 3.38. The van der Waals surface area contributed by atoms with Crippen LogP contribution in [-0.2, 0) is 0 Å². The molecule has 1 saturated heterocycles. The van der Waals surface area contributed by atoms with Gasteiger partial charge in [0, 0.05) is 12.6 Å². The largest absolute Gasteiger partial charge is 0.315 e. The fourth-order valence-corrected chi connectivity index (χ4v) is 0.953. The maximum Gasteiger partial charge on any atom is 0.0164 e. The van der Waals surface area contributed by atoms with Gasteiger partial charge < -0.3 is 10.6 Å². The number of rotatable bonds is 0. The predicted octanol–water partition coefficient (Wildman–Crippen LogP) is -0.0422. The Morgan fingerprint density at radius 1 is 1.38 bits per heavy atom. The SMILES string of the molecule is C[C@H]1CNCCCN1. The van der Waals surface area contributed by atoms with E-state index in [2.05, 4.69) is 17.6 Å². The molecule has 48 valence electrons. The lowest BCUT2D eigenvalue weighted by Crippen LogP contribution is -2.31. The Morgan fingerprint density at radius 2 is 2.25 bits per heavy atom. The van der Waals surface area contributed by atoms with E-state index in [-0.39, 0.29) is 0 Å². The van der Waals surface area contributed by atoms with E-state index in [0.29, 0.717) is 6.04 Å². The molecule has 0 aromatic heterocycles. The van der Waals surface area contributed by atoms with Gasteiger partial charge in [0.15, 0.2) is 0 Å². The third kappa shape index (κ3) is 1.80. The van der Waals surface area contributed by atoms with Crippen molar-refractivity contribution < 1.29 is 0 Å². The molecule has 2 nitrogen and oxygen atoms in total. The normalized spacial score (nSPS) is 31.9. The van der Waals surface area contributed by atoms with Crippen LogP contribution in [-0.4, -0.2) is 25.7 Å². The molecule has 1 fully saturated rings. The van der Waals surface area contributed by atoms with Crippen LogP contribution >= 0.6 is 0 Å². The van der Waals surface area contributed by atoms with E-state index in [1.165, 1.54) is 19.5 Å². The van der Waals surface area contributed by atoms with Crippen LogP contribution in [0.4, 0.5) is 0 Å². The molecule has 0 unspecified atom stereocenters. The summed E-state index contributed by atoms with van der Waals surface area (Å²) in [6.07, 6.45) is 1.27. The Bertz CT molecular complexity index is 55.5. The van der Waals surface area contributed by atoms with Crippen molar-refractivity contribution in [3.05, 3.63) is 0 Å². The second kappa shape index (κ2) is 3.05. The second-order valence-corrected chi connectivity index (χ2v) is 2.41. The zero-order valence-corrected chi connectivity index (χ0v) is 5.41. The van der Waals surface area contributed by atoms with Crippen molar-refractivity contribution in [2.75, 3.05) is 19.6 Å². The average Bonchev–Trinajstić information content (AvgIpc) is 1.94. The van der Waals surface area contributed by atoms with Crippen LogP contribution < -0.4 is 10.6 Å². The molecule has 2 heteroatoms. The minimum Gasteiger partial charge on any atom is -0.315 e. The van der Waals surface area contributed by atoms with Crippen molar-refractivity contribution in [2.45, 2.75) is 19.4 Å². The zero-order valence-electron chi connectivity index (χ0n) is 5.41. The highest BCUT2D eigenvalue weighted by atomic mass is 15.0. The number of hydrogen-bond acceptors (Lipinski definition) is 2. The van der Waals surface area contributed by atoms with Crippen molar-refractivity contribution in [2.24, 2.45) is 0 Å². The van der Waals surface area contributed by atoms with Crippen LogP contribution in [0.1, 0.15) is 13.3 Å². The summed E-state index contributed by atoms with van der Waals surface area (Å²) in [5.74, 6) is 0. The predicted molar refractivity (Wildman–Crippen MR) is 35.0 cm³/mol. The van der Waals surface area contributed by atoms with Crippen molar-refractivity contribution in [1.29, 1.82) is 0 Å². The van der Waals surface area contributed by atoms with E-state index >= 15 is 0 Å². The molecule has 1 aliphatic heterocycles. The third-order valence-electron chi connectivity index (χ3n) is 1.47. The minimum absolute atomic E-state index is 0.664. The van der Waals surface area contributed by atoms with Crippen LogP contribution in [0.25, 0.3) is 0 Å². The summed E-state index contributed by atoms with van der Waals surface area (Å²) in [6, 6.07) is 0.664.